The molecule has 1 aromatic rings. The van der Waals surface area contributed by atoms with Crippen LogP contribution in [0, 0.1) is 6.92 Å². The Morgan fingerprint density at radius 1 is 1.54 bits per heavy atom. The van der Waals surface area contributed by atoms with E-state index in [-0.39, 0.29) is 12.1 Å². The van der Waals surface area contributed by atoms with Crippen LogP contribution in [0.3, 0.4) is 0 Å². The average molecular weight is 199 g/mol. The van der Waals surface area contributed by atoms with E-state index in [1.54, 1.807) is 18.4 Å². The van der Waals surface area contributed by atoms with Gasteiger partial charge in [-0.25, -0.2) is 0 Å². The first-order valence-electron chi connectivity index (χ1n) is 4.48. The molecule has 0 aliphatic rings. The topological polar surface area (TPSA) is 35.2 Å². The molecule has 0 radical (unpaired) electrons. The normalized spacial score (nSPS) is 15.7. The molecule has 0 aliphatic carbocycles. The van der Waals surface area contributed by atoms with Gasteiger partial charge in [0.15, 0.2) is 0 Å². The van der Waals surface area contributed by atoms with Gasteiger partial charge in [-0.15, -0.1) is 11.3 Å². The molecule has 13 heavy (non-hydrogen) atoms. The summed E-state index contributed by atoms with van der Waals surface area (Å²) in [5.74, 6) is 0. The van der Waals surface area contributed by atoms with Gasteiger partial charge in [0.1, 0.15) is 0 Å². The Kier molecular flexibility index (Phi) is 3.90. The molecule has 2 unspecified atom stereocenters. The molecule has 0 saturated carbocycles. The van der Waals surface area contributed by atoms with Crippen LogP contribution in [0.15, 0.2) is 12.1 Å². The minimum Gasteiger partial charge on any atom is -0.382 e. The van der Waals surface area contributed by atoms with Crippen LogP contribution >= 0.6 is 11.3 Å². The van der Waals surface area contributed by atoms with E-state index >= 15 is 0 Å². The number of nitrogens with two attached hydrogens (primary N) is 1. The predicted molar refractivity (Wildman–Crippen MR) is 57.1 cm³/mol. The summed E-state index contributed by atoms with van der Waals surface area (Å²) in [7, 11) is 1.72. The summed E-state index contributed by atoms with van der Waals surface area (Å²) in [5, 5.41) is 0. The van der Waals surface area contributed by atoms with Crippen LogP contribution in [0.1, 0.15) is 29.1 Å². The highest BCUT2D eigenvalue weighted by atomic mass is 32.1. The molecule has 3 heteroatoms. The fourth-order valence-electron chi connectivity index (χ4n) is 1.22. The highest BCUT2D eigenvalue weighted by molar-refractivity contribution is 7.12. The monoisotopic (exact) mass is 199 g/mol. The summed E-state index contributed by atoms with van der Waals surface area (Å²) in [6.45, 7) is 4.14. The Hall–Kier alpha value is -0.380. The lowest BCUT2D eigenvalue weighted by molar-refractivity contribution is 0.105. The van der Waals surface area contributed by atoms with Crippen LogP contribution in [0.5, 0.6) is 0 Å². The van der Waals surface area contributed by atoms with Crippen LogP contribution < -0.4 is 5.73 Å². The van der Waals surface area contributed by atoms with E-state index in [2.05, 4.69) is 19.1 Å². The quantitative estimate of drug-likeness (QED) is 0.808. The number of rotatable bonds is 4. The van der Waals surface area contributed by atoms with Gasteiger partial charge in [0, 0.05) is 22.9 Å². The molecule has 1 aromatic heterocycles. The smallest absolute Gasteiger partial charge is 0.0561 e. The van der Waals surface area contributed by atoms with Gasteiger partial charge in [0.2, 0.25) is 0 Å². The Labute approximate surface area is 83.7 Å². The van der Waals surface area contributed by atoms with Crippen LogP contribution in [0.2, 0.25) is 0 Å². The maximum atomic E-state index is 6.02. The van der Waals surface area contributed by atoms with Crippen molar-refractivity contribution in [3.63, 3.8) is 0 Å². The molecule has 1 rings (SSSR count). The molecule has 0 amide bonds. The number of ether oxygens (including phenoxy) is 1. The Morgan fingerprint density at radius 2 is 2.23 bits per heavy atom. The number of thiophene rings is 1. The highest BCUT2D eigenvalue weighted by Crippen LogP contribution is 2.24. The Morgan fingerprint density at radius 3 is 2.69 bits per heavy atom. The first kappa shape index (κ1) is 10.7. The number of hydrogen-bond acceptors (Lipinski definition) is 3. The molecule has 2 atom stereocenters. The zero-order valence-electron chi connectivity index (χ0n) is 8.41. The van der Waals surface area contributed by atoms with Crippen molar-refractivity contribution in [2.75, 3.05) is 7.11 Å². The van der Waals surface area contributed by atoms with Gasteiger partial charge in [0.05, 0.1) is 6.10 Å². The van der Waals surface area contributed by atoms with Crippen LogP contribution in [-0.2, 0) is 4.74 Å². The minimum atomic E-state index is 0.119. The Balaban J connectivity index is 2.53. The molecule has 0 bridgehead atoms. The third kappa shape index (κ3) is 3.10. The fourth-order valence-corrected chi connectivity index (χ4v) is 2.11. The summed E-state index contributed by atoms with van der Waals surface area (Å²) in [6, 6.07) is 4.33. The lowest BCUT2D eigenvalue weighted by Gasteiger charge is -2.14. The van der Waals surface area contributed by atoms with Crippen LogP contribution in [0.25, 0.3) is 0 Å². The number of hydrogen-bond donors (Lipinski definition) is 1. The summed E-state index contributed by atoms with van der Waals surface area (Å²) >= 11 is 1.77. The van der Waals surface area contributed by atoms with Gasteiger partial charge in [-0.05, 0) is 32.4 Å². The molecule has 74 valence electrons. The molecule has 0 spiro atoms. The largest absolute Gasteiger partial charge is 0.382 e. The summed E-state index contributed by atoms with van der Waals surface area (Å²) in [4.78, 5) is 2.57. The number of methoxy groups -OCH3 is 1. The van der Waals surface area contributed by atoms with Crippen molar-refractivity contribution >= 4 is 11.3 Å². The van der Waals surface area contributed by atoms with Crippen molar-refractivity contribution in [2.24, 2.45) is 5.73 Å². The van der Waals surface area contributed by atoms with E-state index in [0.29, 0.717) is 0 Å². The van der Waals surface area contributed by atoms with Gasteiger partial charge in [-0.1, -0.05) is 0 Å². The van der Waals surface area contributed by atoms with E-state index in [4.69, 9.17) is 10.5 Å². The molecule has 2 nitrogen and oxygen atoms in total. The molecular formula is C10H17NOS. The maximum absolute atomic E-state index is 6.02. The van der Waals surface area contributed by atoms with E-state index in [0.717, 1.165) is 6.42 Å². The molecule has 0 aliphatic heterocycles. The Bertz CT molecular complexity index is 259. The maximum Gasteiger partial charge on any atom is 0.0561 e. The van der Waals surface area contributed by atoms with Gasteiger partial charge in [-0.2, -0.15) is 0 Å². The van der Waals surface area contributed by atoms with E-state index in [1.165, 1.54) is 9.75 Å². The molecule has 0 aromatic carbocycles. The van der Waals surface area contributed by atoms with Gasteiger partial charge in [-0.3, -0.25) is 0 Å². The van der Waals surface area contributed by atoms with Crippen LogP contribution in [0.4, 0.5) is 0 Å². The second kappa shape index (κ2) is 4.74. The highest BCUT2D eigenvalue weighted by Gasteiger charge is 2.11. The molecule has 0 saturated heterocycles. The fraction of sp³-hybridized carbons (Fsp3) is 0.600. The van der Waals surface area contributed by atoms with Crippen molar-refractivity contribution in [3.05, 3.63) is 21.9 Å². The van der Waals surface area contributed by atoms with Gasteiger partial charge in [0.25, 0.3) is 0 Å². The first-order valence-corrected chi connectivity index (χ1v) is 5.30. The van der Waals surface area contributed by atoms with E-state index < -0.39 is 0 Å². The van der Waals surface area contributed by atoms with Crippen molar-refractivity contribution in [1.82, 2.24) is 0 Å². The van der Waals surface area contributed by atoms with Crippen LogP contribution in [-0.4, -0.2) is 13.2 Å². The van der Waals surface area contributed by atoms with Gasteiger partial charge >= 0.3 is 0 Å². The van der Waals surface area contributed by atoms with Crippen molar-refractivity contribution in [3.8, 4) is 0 Å². The lowest BCUT2D eigenvalue weighted by atomic mass is 10.1. The summed E-state index contributed by atoms with van der Waals surface area (Å²) in [6.07, 6.45) is 1.12. The predicted octanol–water partition coefficient (Wildman–Crippen LogP) is 2.48. The third-order valence-corrected chi connectivity index (χ3v) is 3.25. The lowest BCUT2D eigenvalue weighted by Crippen LogP contribution is -2.17. The molecule has 0 fully saturated rings. The second-order valence-corrected chi connectivity index (χ2v) is 4.66. The van der Waals surface area contributed by atoms with E-state index in [9.17, 15) is 0 Å². The zero-order valence-corrected chi connectivity index (χ0v) is 9.23. The molecule has 2 N–H and O–H groups in total. The van der Waals surface area contributed by atoms with Crippen molar-refractivity contribution in [1.29, 1.82) is 0 Å². The molecular weight excluding hydrogens is 182 g/mol. The van der Waals surface area contributed by atoms with Crippen molar-refractivity contribution < 1.29 is 4.74 Å². The standard InChI is InChI=1S/C10H17NOS/c1-7(12-3)6-9(11)10-5-4-8(2)13-10/h4-5,7,9H,6,11H2,1-3H3. The first-order chi connectivity index (χ1) is 6.13. The third-order valence-electron chi connectivity index (χ3n) is 2.11. The minimum absolute atomic E-state index is 0.119. The number of aryl methyl sites for hydroxylation is 1. The molecule has 1 heterocycles. The van der Waals surface area contributed by atoms with Crippen molar-refractivity contribution in [2.45, 2.75) is 32.4 Å². The average Bonchev–Trinajstić information content (AvgIpc) is 2.51. The zero-order chi connectivity index (χ0) is 9.84. The van der Waals surface area contributed by atoms with E-state index in [1.807, 2.05) is 6.92 Å². The summed E-state index contributed by atoms with van der Waals surface area (Å²) in [5.41, 5.74) is 6.02. The van der Waals surface area contributed by atoms with Gasteiger partial charge < -0.3 is 10.5 Å². The SMILES string of the molecule is COC(C)CC(N)c1ccc(C)s1. The summed E-state index contributed by atoms with van der Waals surface area (Å²) < 4.78 is 5.17. The second-order valence-electron chi connectivity index (χ2n) is 3.34.